The maximum absolute atomic E-state index is 11.8. The normalized spacial score (nSPS) is 15.1. The molecule has 8 heteroatoms. The molecular weight excluding hydrogens is 500 g/mol. The molecule has 7 nitrogen and oxygen atoms in total. The molecule has 38 heavy (non-hydrogen) atoms. The largest absolute Gasteiger partial charge is 0.747 e. The van der Waals surface area contributed by atoms with Gasteiger partial charge in [0.1, 0.15) is 22.5 Å². The van der Waals surface area contributed by atoms with Gasteiger partial charge in [-0.15, -0.1) is 0 Å². The van der Waals surface area contributed by atoms with Crippen molar-refractivity contribution in [3.63, 3.8) is 0 Å². The van der Waals surface area contributed by atoms with Crippen LogP contribution in [0.1, 0.15) is 26.2 Å². The second-order valence-electron chi connectivity index (χ2n) is 9.26. The van der Waals surface area contributed by atoms with E-state index in [4.69, 9.17) is 9.15 Å². The number of ether oxygens (including phenoxy) is 1. The molecule has 1 aliphatic heterocycles. The number of anilines is 1. The van der Waals surface area contributed by atoms with E-state index in [9.17, 15) is 13.0 Å². The molecule has 0 N–H and O–H groups in total. The first-order valence-corrected chi connectivity index (χ1v) is 14.1. The van der Waals surface area contributed by atoms with E-state index in [0.717, 1.165) is 38.2 Å². The third-order valence-corrected chi connectivity index (χ3v) is 7.42. The quantitative estimate of drug-likeness (QED) is 0.197. The summed E-state index contributed by atoms with van der Waals surface area (Å²) in [5.74, 6) is 0.740. The maximum atomic E-state index is 11.8. The topological polar surface area (TPSA) is 86.7 Å². The Bertz CT molecular complexity index is 1890. The zero-order valence-corrected chi connectivity index (χ0v) is 21.9. The fourth-order valence-corrected chi connectivity index (χ4v) is 5.63. The Morgan fingerprint density at radius 3 is 2.39 bits per heavy atom. The SMILES string of the molecule is CCC(=Cc1oc2ccc3ccccc3c2[n+]1CC)C=C1Oc2cc3ccccc3cc2N1CS(=O)(=O)[O-]. The van der Waals surface area contributed by atoms with Crippen molar-refractivity contribution in [2.45, 2.75) is 26.8 Å². The van der Waals surface area contributed by atoms with Gasteiger partial charge < -0.3 is 13.7 Å². The van der Waals surface area contributed by atoms with Crippen LogP contribution in [0.5, 0.6) is 5.75 Å². The van der Waals surface area contributed by atoms with Crippen LogP contribution in [0.4, 0.5) is 5.69 Å². The number of hydrogen-bond donors (Lipinski definition) is 0. The van der Waals surface area contributed by atoms with Gasteiger partial charge in [0.25, 0.3) is 5.52 Å². The number of nitrogens with zero attached hydrogens (tertiary/aromatic N) is 2. The number of allylic oxidation sites excluding steroid dienone is 2. The van der Waals surface area contributed by atoms with Gasteiger partial charge in [-0.05, 0) is 59.3 Å². The van der Waals surface area contributed by atoms with Crippen LogP contribution < -0.4 is 14.2 Å². The zero-order valence-electron chi connectivity index (χ0n) is 21.0. The molecule has 0 saturated carbocycles. The molecule has 2 heterocycles. The Kier molecular flexibility index (Phi) is 5.93. The summed E-state index contributed by atoms with van der Waals surface area (Å²) in [6, 6.07) is 23.7. The first kappa shape index (κ1) is 24.2. The summed E-state index contributed by atoms with van der Waals surface area (Å²) in [6.45, 7) is 4.78. The lowest BCUT2D eigenvalue weighted by Gasteiger charge is -2.20. The first-order chi connectivity index (χ1) is 18.3. The van der Waals surface area contributed by atoms with E-state index in [1.54, 1.807) is 6.08 Å². The van der Waals surface area contributed by atoms with Gasteiger partial charge in [-0.25, -0.2) is 8.42 Å². The molecule has 4 aromatic carbocycles. The average molecular weight is 527 g/mol. The molecule has 0 unspecified atom stereocenters. The molecule has 6 rings (SSSR count). The van der Waals surface area contributed by atoms with E-state index in [0.29, 0.717) is 30.3 Å². The van der Waals surface area contributed by atoms with Gasteiger partial charge in [0.2, 0.25) is 11.5 Å². The van der Waals surface area contributed by atoms with Gasteiger partial charge in [-0.1, -0.05) is 55.5 Å². The minimum atomic E-state index is -4.57. The minimum Gasteiger partial charge on any atom is -0.747 e. The Hall–Kier alpha value is -4.14. The smallest absolute Gasteiger partial charge is 0.374 e. The fourth-order valence-electron chi connectivity index (χ4n) is 5.04. The van der Waals surface area contributed by atoms with E-state index in [2.05, 4.69) is 23.6 Å². The number of hydrogen-bond acceptors (Lipinski definition) is 6. The van der Waals surface area contributed by atoms with Crippen LogP contribution in [-0.2, 0) is 16.7 Å². The molecule has 0 saturated heterocycles. The van der Waals surface area contributed by atoms with Crippen molar-refractivity contribution in [3.8, 4) is 5.75 Å². The number of aromatic nitrogens is 1. The molecule has 0 radical (unpaired) electrons. The number of aryl methyl sites for hydroxylation is 1. The van der Waals surface area contributed by atoms with E-state index in [1.165, 1.54) is 4.90 Å². The zero-order chi connectivity index (χ0) is 26.4. The van der Waals surface area contributed by atoms with E-state index >= 15 is 0 Å². The lowest BCUT2D eigenvalue weighted by atomic mass is 10.1. The van der Waals surface area contributed by atoms with Gasteiger partial charge in [-0.3, -0.25) is 4.90 Å². The van der Waals surface area contributed by atoms with Crippen molar-refractivity contribution in [3.05, 3.63) is 96.2 Å². The maximum Gasteiger partial charge on any atom is 0.374 e. The lowest BCUT2D eigenvalue weighted by Crippen LogP contribution is -2.34. The highest BCUT2D eigenvalue weighted by molar-refractivity contribution is 7.85. The number of oxazole rings is 1. The molecule has 1 aromatic heterocycles. The van der Waals surface area contributed by atoms with Crippen molar-refractivity contribution in [2.24, 2.45) is 0 Å². The monoisotopic (exact) mass is 526 g/mol. The van der Waals surface area contributed by atoms with Crippen LogP contribution in [0.25, 0.3) is 38.7 Å². The Morgan fingerprint density at radius 1 is 0.974 bits per heavy atom. The van der Waals surface area contributed by atoms with Crippen molar-refractivity contribution in [1.29, 1.82) is 0 Å². The predicted octanol–water partition coefficient (Wildman–Crippen LogP) is 6.08. The van der Waals surface area contributed by atoms with E-state index < -0.39 is 16.0 Å². The highest BCUT2D eigenvalue weighted by Crippen LogP contribution is 2.42. The third-order valence-electron chi connectivity index (χ3n) is 6.84. The van der Waals surface area contributed by atoms with Crippen LogP contribution in [0.2, 0.25) is 0 Å². The summed E-state index contributed by atoms with van der Waals surface area (Å²) in [7, 11) is -4.57. The van der Waals surface area contributed by atoms with Crippen LogP contribution >= 0.6 is 0 Å². The van der Waals surface area contributed by atoms with Gasteiger partial charge in [-0.2, -0.15) is 4.57 Å². The molecule has 0 atom stereocenters. The average Bonchev–Trinajstić information content (AvgIpc) is 3.42. The van der Waals surface area contributed by atoms with Gasteiger partial charge in [0, 0.05) is 6.08 Å². The Balaban J connectivity index is 1.47. The Labute approximate surface area is 220 Å². The predicted molar refractivity (Wildman–Crippen MR) is 148 cm³/mol. The summed E-state index contributed by atoms with van der Waals surface area (Å²) < 4.78 is 50.0. The molecule has 192 valence electrons. The van der Waals surface area contributed by atoms with Crippen LogP contribution in [-0.4, -0.2) is 18.8 Å². The molecular formula is C30H26N2O5S. The van der Waals surface area contributed by atoms with Crippen molar-refractivity contribution in [1.82, 2.24) is 0 Å². The van der Waals surface area contributed by atoms with Crippen LogP contribution in [0.3, 0.4) is 0 Å². The van der Waals surface area contributed by atoms with Crippen molar-refractivity contribution in [2.75, 3.05) is 10.8 Å². The van der Waals surface area contributed by atoms with Gasteiger partial charge >= 0.3 is 5.89 Å². The standard InChI is InChI=1S/C30H26N2O5S/c1-3-20(15-28-31(4-2)30-24-12-8-7-9-21(24)13-14-26(30)36-28)16-29-32(19-38(33,34)35)25-17-22-10-5-6-11-23(22)18-27(25)37-29/h5-18H,3-4,19H2,1-2H3. The molecule has 0 spiro atoms. The van der Waals surface area contributed by atoms with Crippen molar-refractivity contribution >= 4 is 54.5 Å². The fraction of sp³-hybridized carbons (Fsp3) is 0.167. The summed E-state index contributed by atoms with van der Waals surface area (Å²) in [5, 5.41) is 4.13. The molecule has 0 aliphatic carbocycles. The number of benzene rings is 4. The number of rotatable bonds is 6. The Morgan fingerprint density at radius 2 is 1.68 bits per heavy atom. The second-order valence-corrected chi connectivity index (χ2v) is 10.6. The van der Waals surface area contributed by atoms with Crippen LogP contribution in [0, 0.1) is 0 Å². The third kappa shape index (κ3) is 4.31. The number of fused-ring (bicyclic) bond motifs is 5. The highest BCUT2D eigenvalue weighted by atomic mass is 32.2. The summed E-state index contributed by atoms with van der Waals surface area (Å²) >= 11 is 0. The van der Waals surface area contributed by atoms with E-state index in [-0.39, 0.29) is 5.88 Å². The second kappa shape index (κ2) is 9.31. The summed E-state index contributed by atoms with van der Waals surface area (Å²) in [4.78, 5) is 1.42. The van der Waals surface area contributed by atoms with Crippen LogP contribution in [0.15, 0.2) is 94.7 Å². The molecule has 1 aliphatic rings. The van der Waals surface area contributed by atoms with Gasteiger partial charge in [0.15, 0.2) is 5.75 Å². The minimum absolute atomic E-state index is 0.285. The van der Waals surface area contributed by atoms with Gasteiger partial charge in [0.05, 0.1) is 17.1 Å². The molecule has 0 fully saturated rings. The summed E-state index contributed by atoms with van der Waals surface area (Å²) in [6.07, 6.45) is 4.35. The molecule has 5 aromatic rings. The summed E-state index contributed by atoms with van der Waals surface area (Å²) in [5.41, 5.74) is 3.21. The van der Waals surface area contributed by atoms with E-state index in [1.807, 2.05) is 73.7 Å². The first-order valence-electron chi connectivity index (χ1n) is 12.5. The molecule has 0 amide bonds. The lowest BCUT2D eigenvalue weighted by molar-refractivity contribution is -0.673. The molecule has 0 bridgehead atoms. The highest BCUT2D eigenvalue weighted by Gasteiger charge is 2.29. The van der Waals surface area contributed by atoms with Crippen molar-refractivity contribution < 1.29 is 26.7 Å².